The Bertz CT molecular complexity index is 1190. The number of thiophene rings is 1. The summed E-state index contributed by atoms with van der Waals surface area (Å²) in [5.74, 6) is -0.544. The minimum absolute atomic E-state index is 0.0476. The molecule has 0 unspecified atom stereocenters. The number of nitrogens with zero attached hydrogens (tertiary/aromatic N) is 2. The SMILES string of the molecule is CC(=NNC(=O)c1ccncc1NS(=O)(=O)c1cccs1)c1ccc(C(C)(C)C)cc1. The molecule has 7 nitrogen and oxygen atoms in total. The molecule has 2 aromatic heterocycles. The lowest BCUT2D eigenvalue weighted by Gasteiger charge is -2.19. The first-order valence-electron chi connectivity index (χ1n) is 9.54. The summed E-state index contributed by atoms with van der Waals surface area (Å²) in [6.45, 7) is 8.21. The molecule has 2 heterocycles. The molecule has 2 N–H and O–H groups in total. The Hall–Kier alpha value is -3.04. The van der Waals surface area contributed by atoms with Gasteiger partial charge in [-0.05, 0) is 41.0 Å². The van der Waals surface area contributed by atoms with Gasteiger partial charge in [-0.1, -0.05) is 51.1 Å². The Kier molecular flexibility index (Phi) is 6.56. The van der Waals surface area contributed by atoms with Crippen LogP contribution in [0, 0.1) is 0 Å². The zero-order valence-corrected chi connectivity index (χ0v) is 19.3. The lowest BCUT2D eigenvalue weighted by atomic mass is 9.86. The van der Waals surface area contributed by atoms with Crippen molar-refractivity contribution in [2.24, 2.45) is 5.10 Å². The first-order chi connectivity index (χ1) is 14.6. The zero-order valence-electron chi connectivity index (χ0n) is 17.7. The Morgan fingerprint density at radius 2 is 1.81 bits per heavy atom. The van der Waals surface area contributed by atoms with Crippen LogP contribution in [-0.4, -0.2) is 25.0 Å². The third kappa shape index (κ3) is 5.56. The van der Waals surface area contributed by atoms with Crippen molar-refractivity contribution < 1.29 is 13.2 Å². The maximum atomic E-state index is 12.7. The van der Waals surface area contributed by atoms with Gasteiger partial charge >= 0.3 is 0 Å². The number of hydrogen-bond acceptors (Lipinski definition) is 6. The fraction of sp³-hybridized carbons (Fsp3) is 0.227. The van der Waals surface area contributed by atoms with Gasteiger partial charge in [0.15, 0.2) is 0 Å². The number of carbonyl (C=O) groups is 1. The van der Waals surface area contributed by atoms with Crippen LogP contribution in [0.1, 0.15) is 49.2 Å². The number of aromatic nitrogens is 1. The Morgan fingerprint density at radius 3 is 2.42 bits per heavy atom. The van der Waals surface area contributed by atoms with Crippen molar-refractivity contribution in [2.45, 2.75) is 37.3 Å². The molecule has 3 rings (SSSR count). The highest BCUT2D eigenvalue weighted by Gasteiger charge is 2.20. The van der Waals surface area contributed by atoms with Crippen molar-refractivity contribution >= 4 is 38.7 Å². The number of rotatable bonds is 6. The summed E-state index contributed by atoms with van der Waals surface area (Å²) in [5, 5.41) is 5.84. The maximum Gasteiger partial charge on any atom is 0.273 e. The Balaban J connectivity index is 1.77. The van der Waals surface area contributed by atoms with Gasteiger partial charge in [0.25, 0.3) is 15.9 Å². The van der Waals surface area contributed by atoms with E-state index in [0.29, 0.717) is 5.71 Å². The molecule has 0 fully saturated rings. The summed E-state index contributed by atoms with van der Waals surface area (Å²) >= 11 is 1.08. The minimum atomic E-state index is -3.80. The normalized spacial score (nSPS) is 12.5. The largest absolute Gasteiger partial charge is 0.277 e. The van der Waals surface area contributed by atoms with Gasteiger partial charge in [0.1, 0.15) is 4.21 Å². The monoisotopic (exact) mass is 456 g/mol. The summed E-state index contributed by atoms with van der Waals surface area (Å²) in [4.78, 5) is 16.6. The van der Waals surface area contributed by atoms with E-state index in [1.807, 2.05) is 24.3 Å². The number of benzene rings is 1. The quantitative estimate of drug-likeness (QED) is 0.424. The second kappa shape index (κ2) is 8.99. The van der Waals surface area contributed by atoms with E-state index in [2.05, 4.69) is 41.0 Å². The van der Waals surface area contributed by atoms with E-state index in [-0.39, 0.29) is 20.9 Å². The number of hydrogen-bond donors (Lipinski definition) is 2. The van der Waals surface area contributed by atoms with E-state index in [1.54, 1.807) is 18.4 Å². The van der Waals surface area contributed by atoms with Crippen LogP contribution >= 0.6 is 11.3 Å². The smallest absolute Gasteiger partial charge is 0.273 e. The molecule has 0 aliphatic heterocycles. The number of anilines is 1. The van der Waals surface area contributed by atoms with Crippen molar-refractivity contribution in [1.29, 1.82) is 0 Å². The highest BCUT2D eigenvalue weighted by molar-refractivity contribution is 7.94. The molecule has 0 aliphatic rings. The van der Waals surface area contributed by atoms with Crippen LogP contribution in [0.5, 0.6) is 0 Å². The molecular formula is C22H24N4O3S2. The highest BCUT2D eigenvalue weighted by atomic mass is 32.2. The molecule has 1 aromatic carbocycles. The Morgan fingerprint density at radius 1 is 1.10 bits per heavy atom. The third-order valence-corrected chi connectivity index (χ3v) is 7.33. The van der Waals surface area contributed by atoms with Crippen LogP contribution in [-0.2, 0) is 15.4 Å². The summed E-state index contributed by atoms with van der Waals surface area (Å²) in [6, 6.07) is 12.6. The number of hydrazone groups is 1. The second-order valence-electron chi connectivity index (χ2n) is 7.92. The molecule has 0 saturated carbocycles. The molecule has 162 valence electrons. The molecule has 0 saturated heterocycles. The first kappa shape index (κ1) is 22.6. The van der Waals surface area contributed by atoms with Gasteiger partial charge in [-0.15, -0.1) is 11.3 Å². The van der Waals surface area contributed by atoms with Crippen molar-refractivity contribution in [2.75, 3.05) is 4.72 Å². The van der Waals surface area contributed by atoms with Crippen LogP contribution in [0.25, 0.3) is 0 Å². The van der Waals surface area contributed by atoms with E-state index in [4.69, 9.17) is 0 Å². The molecule has 0 atom stereocenters. The van der Waals surface area contributed by atoms with Crippen LogP contribution in [0.2, 0.25) is 0 Å². The van der Waals surface area contributed by atoms with Crippen LogP contribution in [0.3, 0.4) is 0 Å². The van der Waals surface area contributed by atoms with E-state index in [0.717, 1.165) is 16.9 Å². The van der Waals surface area contributed by atoms with Crippen molar-refractivity contribution in [3.05, 3.63) is 76.9 Å². The van der Waals surface area contributed by atoms with Gasteiger partial charge in [0.2, 0.25) is 0 Å². The maximum absolute atomic E-state index is 12.7. The van der Waals surface area contributed by atoms with E-state index >= 15 is 0 Å². The van der Waals surface area contributed by atoms with Crippen molar-refractivity contribution in [3.63, 3.8) is 0 Å². The standard InChI is InChI=1S/C22H24N4O3S2/c1-15(16-7-9-17(10-8-16)22(2,3)4)24-25-21(27)18-11-12-23-14-19(18)26-31(28,29)20-6-5-13-30-20/h5-14,26H,1-4H3,(H,25,27). The van der Waals surface area contributed by atoms with E-state index in [1.165, 1.54) is 30.1 Å². The fourth-order valence-electron chi connectivity index (χ4n) is 2.76. The molecule has 9 heteroatoms. The fourth-order valence-corrected chi connectivity index (χ4v) is 4.81. The number of nitrogens with one attached hydrogen (secondary N) is 2. The zero-order chi connectivity index (χ0) is 22.6. The highest BCUT2D eigenvalue weighted by Crippen LogP contribution is 2.23. The van der Waals surface area contributed by atoms with Gasteiger partial charge in [0, 0.05) is 6.20 Å². The van der Waals surface area contributed by atoms with Gasteiger partial charge in [0.05, 0.1) is 23.2 Å². The average molecular weight is 457 g/mol. The Labute approximate surface area is 186 Å². The van der Waals surface area contributed by atoms with Crippen LogP contribution < -0.4 is 10.1 Å². The number of carbonyl (C=O) groups excluding carboxylic acids is 1. The number of pyridine rings is 1. The van der Waals surface area contributed by atoms with Gasteiger partial charge in [-0.25, -0.2) is 13.8 Å². The molecule has 31 heavy (non-hydrogen) atoms. The van der Waals surface area contributed by atoms with E-state index in [9.17, 15) is 13.2 Å². The second-order valence-corrected chi connectivity index (χ2v) is 10.8. The summed E-state index contributed by atoms with van der Waals surface area (Å²) < 4.78 is 27.6. The van der Waals surface area contributed by atoms with Gasteiger partial charge in [-0.3, -0.25) is 14.5 Å². The molecule has 1 amide bonds. The molecule has 0 radical (unpaired) electrons. The topological polar surface area (TPSA) is 101 Å². The average Bonchev–Trinajstić information content (AvgIpc) is 3.27. The van der Waals surface area contributed by atoms with Crippen molar-refractivity contribution in [1.82, 2.24) is 10.4 Å². The summed E-state index contributed by atoms with van der Waals surface area (Å²) in [6.07, 6.45) is 2.71. The predicted molar refractivity (Wildman–Crippen MR) is 124 cm³/mol. The van der Waals surface area contributed by atoms with E-state index < -0.39 is 15.9 Å². The first-order valence-corrected chi connectivity index (χ1v) is 11.9. The lowest BCUT2D eigenvalue weighted by Crippen LogP contribution is -2.22. The third-order valence-electron chi connectivity index (χ3n) is 4.56. The number of sulfonamides is 1. The molecule has 3 aromatic rings. The van der Waals surface area contributed by atoms with Gasteiger partial charge in [-0.2, -0.15) is 5.10 Å². The molecule has 0 spiro atoms. The minimum Gasteiger partial charge on any atom is -0.277 e. The lowest BCUT2D eigenvalue weighted by molar-refractivity contribution is 0.0955. The molecule has 0 bridgehead atoms. The van der Waals surface area contributed by atoms with Crippen LogP contribution in [0.15, 0.2) is 69.5 Å². The number of amides is 1. The molecular weight excluding hydrogens is 432 g/mol. The summed E-state index contributed by atoms with van der Waals surface area (Å²) in [7, 11) is -3.80. The van der Waals surface area contributed by atoms with Gasteiger partial charge < -0.3 is 0 Å². The predicted octanol–water partition coefficient (Wildman–Crippen LogP) is 4.40. The van der Waals surface area contributed by atoms with Crippen LogP contribution in [0.4, 0.5) is 5.69 Å². The van der Waals surface area contributed by atoms with Crippen molar-refractivity contribution in [3.8, 4) is 0 Å². The molecule has 0 aliphatic carbocycles. The summed E-state index contributed by atoms with van der Waals surface area (Å²) in [5.41, 5.74) is 5.45.